The molecular formula is C18H29N3. The van der Waals surface area contributed by atoms with Crippen LogP contribution in [0.3, 0.4) is 0 Å². The number of nitrogens with zero attached hydrogens (tertiary/aromatic N) is 2. The third-order valence-electron chi connectivity index (χ3n) is 4.17. The zero-order chi connectivity index (χ0) is 15.1. The van der Waals surface area contributed by atoms with Crippen molar-refractivity contribution in [3.8, 4) is 0 Å². The van der Waals surface area contributed by atoms with E-state index in [1.807, 2.05) is 6.33 Å². The van der Waals surface area contributed by atoms with E-state index >= 15 is 0 Å². The Bertz CT molecular complexity index is 557. The molecule has 0 unspecified atom stereocenters. The molecule has 0 aliphatic carbocycles. The van der Waals surface area contributed by atoms with Gasteiger partial charge < -0.3 is 9.88 Å². The van der Waals surface area contributed by atoms with Crippen molar-refractivity contribution in [2.45, 2.75) is 59.4 Å². The lowest BCUT2D eigenvalue weighted by Crippen LogP contribution is -2.15. The zero-order valence-electron chi connectivity index (χ0n) is 13.8. The second-order valence-electron chi connectivity index (χ2n) is 6.03. The molecule has 21 heavy (non-hydrogen) atoms. The van der Waals surface area contributed by atoms with Crippen LogP contribution in [0.15, 0.2) is 18.5 Å². The van der Waals surface area contributed by atoms with E-state index in [0.29, 0.717) is 0 Å². The Morgan fingerprint density at radius 1 is 1.00 bits per heavy atom. The van der Waals surface area contributed by atoms with E-state index in [1.54, 1.807) is 0 Å². The summed E-state index contributed by atoms with van der Waals surface area (Å²) >= 11 is 0. The smallest absolute Gasteiger partial charge is 0.0958 e. The van der Waals surface area contributed by atoms with Gasteiger partial charge in [0.15, 0.2) is 0 Å². The number of hydrogen-bond donors (Lipinski definition) is 1. The summed E-state index contributed by atoms with van der Waals surface area (Å²) in [6, 6.07) is 4.47. The average molecular weight is 287 g/mol. The summed E-state index contributed by atoms with van der Waals surface area (Å²) in [6.07, 6.45) is 8.38. The first kappa shape index (κ1) is 16.0. The van der Waals surface area contributed by atoms with Crippen molar-refractivity contribution >= 4 is 11.0 Å². The third kappa shape index (κ3) is 4.57. The highest BCUT2D eigenvalue weighted by molar-refractivity contribution is 5.77. The minimum atomic E-state index is 1.08. The van der Waals surface area contributed by atoms with E-state index in [9.17, 15) is 0 Å². The summed E-state index contributed by atoms with van der Waals surface area (Å²) in [5.41, 5.74) is 5.09. The maximum atomic E-state index is 4.52. The molecule has 1 N–H and O–H groups in total. The fraction of sp³-hybridized carbons (Fsp3) is 0.611. The van der Waals surface area contributed by atoms with Crippen LogP contribution in [-0.4, -0.2) is 22.6 Å². The lowest BCUT2D eigenvalue weighted by Gasteiger charge is -2.06. The fourth-order valence-corrected chi connectivity index (χ4v) is 2.68. The molecule has 1 aromatic carbocycles. The summed E-state index contributed by atoms with van der Waals surface area (Å²) < 4.78 is 2.30. The molecule has 1 aromatic heterocycles. The standard InChI is InChI=1S/C18H29N3/c1-4-9-19-10-7-5-6-8-11-21-14-20-17-12-15(2)16(3)13-18(17)21/h12-14,19H,4-11H2,1-3H3. The lowest BCUT2D eigenvalue weighted by molar-refractivity contribution is 0.555. The first-order valence-electron chi connectivity index (χ1n) is 8.35. The average Bonchev–Trinajstić information content (AvgIpc) is 2.85. The first-order valence-corrected chi connectivity index (χ1v) is 8.35. The molecule has 0 atom stereocenters. The number of benzene rings is 1. The molecule has 0 spiro atoms. The van der Waals surface area contributed by atoms with E-state index < -0.39 is 0 Å². The van der Waals surface area contributed by atoms with Gasteiger partial charge in [-0.3, -0.25) is 0 Å². The molecule has 0 saturated heterocycles. The van der Waals surface area contributed by atoms with E-state index in [4.69, 9.17) is 0 Å². The van der Waals surface area contributed by atoms with Gasteiger partial charge >= 0.3 is 0 Å². The van der Waals surface area contributed by atoms with Gasteiger partial charge in [0.2, 0.25) is 0 Å². The van der Waals surface area contributed by atoms with Crippen LogP contribution in [0.2, 0.25) is 0 Å². The van der Waals surface area contributed by atoms with Crippen LogP contribution in [0.1, 0.15) is 50.2 Å². The van der Waals surface area contributed by atoms with Gasteiger partial charge in [0.05, 0.1) is 17.4 Å². The van der Waals surface area contributed by atoms with Crippen LogP contribution in [-0.2, 0) is 6.54 Å². The number of rotatable bonds is 9. The molecular weight excluding hydrogens is 258 g/mol. The first-order chi connectivity index (χ1) is 10.2. The molecule has 3 nitrogen and oxygen atoms in total. The van der Waals surface area contributed by atoms with Crippen molar-refractivity contribution in [3.63, 3.8) is 0 Å². The van der Waals surface area contributed by atoms with Crippen LogP contribution in [0.25, 0.3) is 11.0 Å². The molecule has 0 bridgehead atoms. The summed E-state index contributed by atoms with van der Waals surface area (Å²) in [4.78, 5) is 4.52. The Labute approximate surface area is 128 Å². The van der Waals surface area contributed by atoms with Crippen LogP contribution in [0.5, 0.6) is 0 Å². The third-order valence-corrected chi connectivity index (χ3v) is 4.17. The summed E-state index contributed by atoms with van der Waals surface area (Å²) in [6.45, 7) is 9.95. The SMILES string of the molecule is CCCNCCCCCCn1cnc2cc(C)c(C)cc21. The van der Waals surface area contributed by atoms with Gasteiger partial charge in [-0.2, -0.15) is 0 Å². The van der Waals surface area contributed by atoms with Crippen LogP contribution >= 0.6 is 0 Å². The second kappa shape index (κ2) is 8.18. The minimum absolute atomic E-state index is 1.08. The number of aromatic nitrogens is 2. The van der Waals surface area contributed by atoms with Crippen LogP contribution in [0.4, 0.5) is 0 Å². The largest absolute Gasteiger partial charge is 0.331 e. The van der Waals surface area contributed by atoms with Crippen LogP contribution < -0.4 is 5.32 Å². The van der Waals surface area contributed by atoms with Crippen molar-refractivity contribution in [3.05, 3.63) is 29.6 Å². The predicted octanol–water partition coefficient (Wildman–Crippen LogP) is 4.21. The fourth-order valence-electron chi connectivity index (χ4n) is 2.68. The second-order valence-corrected chi connectivity index (χ2v) is 6.03. The molecule has 2 aromatic rings. The number of imidazole rings is 1. The van der Waals surface area contributed by atoms with Crippen molar-refractivity contribution in [1.82, 2.24) is 14.9 Å². The van der Waals surface area contributed by atoms with Gasteiger partial charge in [-0.1, -0.05) is 19.8 Å². The van der Waals surface area contributed by atoms with Crippen LogP contribution in [0, 0.1) is 13.8 Å². The zero-order valence-corrected chi connectivity index (χ0v) is 13.8. The molecule has 3 heteroatoms. The van der Waals surface area contributed by atoms with Gasteiger partial charge in [0.25, 0.3) is 0 Å². The highest BCUT2D eigenvalue weighted by Crippen LogP contribution is 2.19. The quantitative estimate of drug-likeness (QED) is 0.700. The molecule has 0 radical (unpaired) electrons. The Hall–Kier alpha value is -1.35. The Morgan fingerprint density at radius 3 is 2.57 bits per heavy atom. The summed E-state index contributed by atoms with van der Waals surface area (Å²) in [5.74, 6) is 0. The van der Waals surface area contributed by atoms with Gasteiger partial charge in [-0.25, -0.2) is 4.98 Å². The van der Waals surface area contributed by atoms with Crippen molar-refractivity contribution in [2.24, 2.45) is 0 Å². The van der Waals surface area contributed by atoms with Gasteiger partial charge in [0.1, 0.15) is 0 Å². The molecule has 0 saturated carbocycles. The Morgan fingerprint density at radius 2 is 1.76 bits per heavy atom. The predicted molar refractivity (Wildman–Crippen MR) is 90.8 cm³/mol. The van der Waals surface area contributed by atoms with E-state index in [-0.39, 0.29) is 0 Å². The highest BCUT2D eigenvalue weighted by atomic mass is 15.0. The molecule has 0 aliphatic rings. The van der Waals surface area contributed by atoms with Gasteiger partial charge in [-0.05, 0) is 69.5 Å². The van der Waals surface area contributed by atoms with E-state index in [1.165, 1.54) is 55.3 Å². The number of nitrogens with one attached hydrogen (secondary N) is 1. The molecule has 0 amide bonds. The number of fused-ring (bicyclic) bond motifs is 1. The van der Waals surface area contributed by atoms with E-state index in [0.717, 1.165) is 18.6 Å². The minimum Gasteiger partial charge on any atom is -0.331 e. The van der Waals surface area contributed by atoms with Gasteiger partial charge in [0, 0.05) is 6.54 Å². The maximum Gasteiger partial charge on any atom is 0.0958 e. The summed E-state index contributed by atoms with van der Waals surface area (Å²) in [5, 5.41) is 3.46. The molecule has 1 heterocycles. The topological polar surface area (TPSA) is 29.9 Å². The molecule has 0 aliphatic heterocycles. The lowest BCUT2D eigenvalue weighted by atomic mass is 10.1. The monoisotopic (exact) mass is 287 g/mol. The Kier molecular flexibility index (Phi) is 6.24. The normalized spacial score (nSPS) is 11.4. The van der Waals surface area contributed by atoms with Crippen molar-refractivity contribution in [2.75, 3.05) is 13.1 Å². The van der Waals surface area contributed by atoms with Crippen molar-refractivity contribution in [1.29, 1.82) is 0 Å². The highest BCUT2D eigenvalue weighted by Gasteiger charge is 2.04. The number of unbranched alkanes of at least 4 members (excludes halogenated alkanes) is 3. The van der Waals surface area contributed by atoms with Gasteiger partial charge in [-0.15, -0.1) is 0 Å². The maximum absolute atomic E-state index is 4.52. The number of aryl methyl sites for hydroxylation is 3. The Balaban J connectivity index is 1.75. The molecule has 116 valence electrons. The number of hydrogen-bond acceptors (Lipinski definition) is 2. The summed E-state index contributed by atoms with van der Waals surface area (Å²) in [7, 11) is 0. The van der Waals surface area contributed by atoms with E-state index in [2.05, 4.69) is 47.8 Å². The molecule has 2 rings (SSSR count). The van der Waals surface area contributed by atoms with Crippen molar-refractivity contribution < 1.29 is 0 Å². The molecule has 0 fully saturated rings.